The average Bonchev–Trinajstić information content (AvgIpc) is 2.20. The molecule has 6 heteroatoms. The molecule has 14 heavy (non-hydrogen) atoms. The average molecular weight is 198 g/mol. The number of aliphatic hydroxyl groups is 1. The van der Waals surface area contributed by atoms with E-state index in [1.165, 1.54) is 0 Å². The van der Waals surface area contributed by atoms with Crippen LogP contribution in [-0.4, -0.2) is 41.7 Å². The summed E-state index contributed by atoms with van der Waals surface area (Å²) in [5, 5.41) is 19.4. The van der Waals surface area contributed by atoms with Gasteiger partial charge in [-0.3, -0.25) is 0 Å². The molecule has 1 aromatic heterocycles. The van der Waals surface area contributed by atoms with E-state index in [1.807, 2.05) is 0 Å². The van der Waals surface area contributed by atoms with Crippen LogP contribution in [0.5, 0.6) is 0 Å². The fourth-order valence-corrected chi connectivity index (χ4v) is 0.970. The highest BCUT2D eigenvalue weighted by Gasteiger charge is 2.06. The molecule has 0 radical (unpaired) electrons. The third-order valence-corrected chi connectivity index (χ3v) is 1.63. The van der Waals surface area contributed by atoms with Crippen LogP contribution >= 0.6 is 0 Å². The molecule has 0 aliphatic carbocycles. The first-order chi connectivity index (χ1) is 6.76. The molecule has 0 amide bonds. The number of ether oxygens (including phenoxy) is 1. The molecule has 0 spiro atoms. The normalized spacial score (nSPS) is 12.4. The number of aromatic nitrogens is 2. The monoisotopic (exact) mass is 198 g/mol. The van der Waals surface area contributed by atoms with E-state index in [-0.39, 0.29) is 12.6 Å². The van der Waals surface area contributed by atoms with Crippen molar-refractivity contribution in [3.8, 4) is 0 Å². The summed E-state index contributed by atoms with van der Waals surface area (Å²) in [6.07, 6.45) is 0. The van der Waals surface area contributed by atoms with Crippen molar-refractivity contribution in [2.24, 2.45) is 0 Å². The van der Waals surface area contributed by atoms with Crippen molar-refractivity contribution in [1.82, 2.24) is 10.2 Å². The number of anilines is 2. The molecule has 78 valence electrons. The quantitative estimate of drug-likeness (QED) is 0.589. The summed E-state index contributed by atoms with van der Waals surface area (Å²) in [5.41, 5.74) is 5.37. The summed E-state index contributed by atoms with van der Waals surface area (Å²) in [4.78, 5) is 0. The molecule has 4 N–H and O–H groups in total. The Morgan fingerprint density at radius 2 is 2.36 bits per heavy atom. The molecule has 0 saturated carbocycles. The first-order valence-corrected chi connectivity index (χ1v) is 4.21. The number of nitrogens with two attached hydrogens (primary N) is 1. The van der Waals surface area contributed by atoms with Crippen LogP contribution in [0.3, 0.4) is 0 Å². The molecule has 0 saturated heterocycles. The lowest BCUT2D eigenvalue weighted by molar-refractivity contribution is 0.153. The maximum Gasteiger partial charge on any atom is 0.149 e. The topological polar surface area (TPSA) is 93.3 Å². The maximum absolute atomic E-state index is 8.96. The van der Waals surface area contributed by atoms with Crippen molar-refractivity contribution in [2.45, 2.75) is 6.04 Å². The van der Waals surface area contributed by atoms with Gasteiger partial charge in [0.05, 0.1) is 19.3 Å². The van der Waals surface area contributed by atoms with Crippen molar-refractivity contribution < 1.29 is 9.84 Å². The van der Waals surface area contributed by atoms with Crippen LogP contribution < -0.4 is 11.1 Å². The Morgan fingerprint density at radius 3 is 2.86 bits per heavy atom. The highest BCUT2D eigenvalue weighted by molar-refractivity contribution is 5.39. The van der Waals surface area contributed by atoms with Gasteiger partial charge >= 0.3 is 0 Å². The fraction of sp³-hybridized carbons (Fsp3) is 0.500. The minimum atomic E-state index is -0.182. The molecule has 1 atom stereocenters. The van der Waals surface area contributed by atoms with Crippen LogP contribution in [0.4, 0.5) is 11.6 Å². The SMILES string of the molecule is COCC(CO)Nc1ccc(N)nn1. The zero-order valence-corrected chi connectivity index (χ0v) is 7.97. The summed E-state index contributed by atoms with van der Waals surface area (Å²) < 4.78 is 4.90. The summed E-state index contributed by atoms with van der Waals surface area (Å²) >= 11 is 0. The highest BCUT2D eigenvalue weighted by Crippen LogP contribution is 2.04. The molecule has 1 heterocycles. The molecule has 0 fully saturated rings. The van der Waals surface area contributed by atoms with E-state index in [1.54, 1.807) is 19.2 Å². The molecule has 0 aromatic carbocycles. The number of nitrogens with one attached hydrogen (secondary N) is 1. The van der Waals surface area contributed by atoms with Gasteiger partial charge in [-0.1, -0.05) is 0 Å². The Bertz CT molecular complexity index is 265. The zero-order chi connectivity index (χ0) is 10.4. The van der Waals surface area contributed by atoms with Crippen LogP contribution in [0.15, 0.2) is 12.1 Å². The van der Waals surface area contributed by atoms with E-state index in [0.29, 0.717) is 18.2 Å². The highest BCUT2D eigenvalue weighted by atomic mass is 16.5. The van der Waals surface area contributed by atoms with Gasteiger partial charge in [-0.05, 0) is 12.1 Å². The number of nitrogen functional groups attached to an aromatic ring is 1. The summed E-state index contributed by atoms with van der Waals surface area (Å²) in [5.74, 6) is 0.929. The second-order valence-electron chi connectivity index (χ2n) is 2.82. The van der Waals surface area contributed by atoms with E-state index in [4.69, 9.17) is 15.6 Å². The molecule has 0 aliphatic heterocycles. The number of hydrogen-bond acceptors (Lipinski definition) is 6. The van der Waals surface area contributed by atoms with Gasteiger partial charge in [0.2, 0.25) is 0 Å². The van der Waals surface area contributed by atoms with Crippen molar-refractivity contribution in [3.63, 3.8) is 0 Å². The standard InChI is InChI=1S/C8H14N4O2/c1-14-5-6(4-13)10-8-3-2-7(9)11-12-8/h2-3,6,13H,4-5H2,1H3,(H2,9,11)(H,10,12). The third-order valence-electron chi connectivity index (χ3n) is 1.63. The Morgan fingerprint density at radius 1 is 1.57 bits per heavy atom. The van der Waals surface area contributed by atoms with Crippen molar-refractivity contribution in [1.29, 1.82) is 0 Å². The van der Waals surface area contributed by atoms with E-state index < -0.39 is 0 Å². The first-order valence-electron chi connectivity index (χ1n) is 4.21. The van der Waals surface area contributed by atoms with Gasteiger partial charge in [-0.25, -0.2) is 0 Å². The first kappa shape index (κ1) is 10.7. The summed E-state index contributed by atoms with van der Waals surface area (Å²) in [6.45, 7) is 0.377. The predicted molar refractivity (Wildman–Crippen MR) is 52.8 cm³/mol. The number of nitrogens with zero attached hydrogens (tertiary/aromatic N) is 2. The van der Waals surface area contributed by atoms with Crippen molar-refractivity contribution in [3.05, 3.63) is 12.1 Å². The largest absolute Gasteiger partial charge is 0.394 e. The number of aliphatic hydroxyl groups excluding tert-OH is 1. The Kier molecular flexibility index (Phi) is 4.09. The Labute approximate surface area is 82.1 Å². The van der Waals surface area contributed by atoms with Gasteiger partial charge in [0.1, 0.15) is 11.6 Å². The lowest BCUT2D eigenvalue weighted by Gasteiger charge is -2.14. The Hall–Kier alpha value is -1.40. The molecule has 6 nitrogen and oxygen atoms in total. The van der Waals surface area contributed by atoms with Crippen LogP contribution in [0.25, 0.3) is 0 Å². The molecule has 0 aliphatic rings. The molecule has 1 rings (SSSR count). The van der Waals surface area contributed by atoms with Crippen molar-refractivity contribution >= 4 is 11.6 Å². The van der Waals surface area contributed by atoms with E-state index >= 15 is 0 Å². The predicted octanol–water partition coefficient (Wildman–Crippen LogP) is -0.522. The number of methoxy groups -OCH3 is 1. The van der Waals surface area contributed by atoms with Crippen LogP contribution in [0, 0.1) is 0 Å². The lowest BCUT2D eigenvalue weighted by Crippen LogP contribution is -2.29. The van der Waals surface area contributed by atoms with Crippen LogP contribution in [0.1, 0.15) is 0 Å². The maximum atomic E-state index is 8.96. The van der Waals surface area contributed by atoms with Gasteiger partial charge in [0.15, 0.2) is 0 Å². The van der Waals surface area contributed by atoms with E-state index in [0.717, 1.165) is 0 Å². The minimum Gasteiger partial charge on any atom is -0.394 e. The lowest BCUT2D eigenvalue weighted by atomic mass is 10.3. The smallest absolute Gasteiger partial charge is 0.149 e. The molecule has 0 bridgehead atoms. The van der Waals surface area contributed by atoms with Gasteiger partial charge < -0.3 is 20.9 Å². The van der Waals surface area contributed by atoms with Crippen LogP contribution in [0.2, 0.25) is 0 Å². The summed E-state index contributed by atoms with van der Waals surface area (Å²) in [6, 6.07) is 3.15. The third kappa shape index (κ3) is 3.15. The van der Waals surface area contributed by atoms with Crippen LogP contribution in [-0.2, 0) is 4.74 Å². The van der Waals surface area contributed by atoms with Gasteiger partial charge in [0, 0.05) is 7.11 Å². The zero-order valence-electron chi connectivity index (χ0n) is 7.97. The van der Waals surface area contributed by atoms with Crippen molar-refractivity contribution in [2.75, 3.05) is 31.4 Å². The second-order valence-corrected chi connectivity index (χ2v) is 2.82. The number of rotatable bonds is 5. The fourth-order valence-electron chi connectivity index (χ4n) is 0.970. The second kappa shape index (κ2) is 5.36. The van der Waals surface area contributed by atoms with Gasteiger partial charge in [-0.2, -0.15) is 0 Å². The molecular formula is C8H14N4O2. The van der Waals surface area contributed by atoms with E-state index in [2.05, 4.69) is 15.5 Å². The van der Waals surface area contributed by atoms with Gasteiger partial charge in [-0.15, -0.1) is 10.2 Å². The Balaban J connectivity index is 2.53. The minimum absolute atomic E-state index is 0.0279. The summed E-state index contributed by atoms with van der Waals surface area (Å²) in [7, 11) is 1.57. The van der Waals surface area contributed by atoms with Gasteiger partial charge in [0.25, 0.3) is 0 Å². The molecule has 1 aromatic rings. The van der Waals surface area contributed by atoms with E-state index in [9.17, 15) is 0 Å². The number of hydrogen-bond donors (Lipinski definition) is 3. The molecular weight excluding hydrogens is 184 g/mol. The molecule has 1 unspecified atom stereocenters.